The van der Waals surface area contributed by atoms with Crippen molar-refractivity contribution in [3.63, 3.8) is 0 Å². The van der Waals surface area contributed by atoms with E-state index in [1.54, 1.807) is 13.0 Å². The molecule has 0 saturated carbocycles. The topological polar surface area (TPSA) is 70.6 Å². The summed E-state index contributed by atoms with van der Waals surface area (Å²) in [5.41, 5.74) is 0.875. The van der Waals surface area contributed by atoms with Crippen LogP contribution in [0.5, 0.6) is 0 Å². The molecular formula is C15H23FN2O3. The van der Waals surface area contributed by atoms with E-state index in [-0.39, 0.29) is 18.8 Å². The van der Waals surface area contributed by atoms with E-state index in [1.807, 2.05) is 13.8 Å². The number of halogens is 1. The number of carbonyl (C=O) groups is 1. The van der Waals surface area contributed by atoms with Crippen LogP contribution in [0.4, 0.5) is 14.9 Å². The van der Waals surface area contributed by atoms with E-state index in [0.717, 1.165) is 5.56 Å². The van der Waals surface area contributed by atoms with Gasteiger partial charge in [-0.15, -0.1) is 0 Å². The number of hydrogen-bond donors (Lipinski definition) is 3. The molecule has 1 aromatic carbocycles. The molecule has 3 N–H and O–H groups in total. The molecule has 0 aliphatic rings. The Morgan fingerprint density at radius 3 is 2.71 bits per heavy atom. The third-order valence-corrected chi connectivity index (χ3v) is 2.63. The standard InChI is InChI=1S/C15H23FN2O3/c1-10(2)8-21-9-12(19)7-17-15(20)18-14-5-4-11(3)6-13(14)16/h4-6,10,12,19H,7-9H2,1-3H3,(H2,17,18,20). The largest absolute Gasteiger partial charge is 0.389 e. The van der Waals surface area contributed by atoms with E-state index in [1.165, 1.54) is 12.1 Å². The second kappa shape index (κ2) is 8.59. The van der Waals surface area contributed by atoms with Gasteiger partial charge >= 0.3 is 6.03 Å². The molecule has 1 aromatic rings. The normalized spacial score (nSPS) is 12.3. The molecule has 0 aliphatic carbocycles. The monoisotopic (exact) mass is 298 g/mol. The average Bonchev–Trinajstić information content (AvgIpc) is 2.39. The minimum absolute atomic E-state index is 0.0391. The van der Waals surface area contributed by atoms with Gasteiger partial charge in [-0.1, -0.05) is 19.9 Å². The Hall–Kier alpha value is -1.66. The number of nitrogens with one attached hydrogen (secondary N) is 2. The van der Waals surface area contributed by atoms with E-state index < -0.39 is 18.0 Å². The lowest BCUT2D eigenvalue weighted by atomic mass is 10.2. The van der Waals surface area contributed by atoms with E-state index in [2.05, 4.69) is 10.6 Å². The summed E-state index contributed by atoms with van der Waals surface area (Å²) in [6.45, 7) is 6.52. The number of rotatable bonds is 7. The maximum absolute atomic E-state index is 13.5. The molecule has 0 saturated heterocycles. The van der Waals surface area contributed by atoms with Crippen LogP contribution in [-0.4, -0.2) is 37.0 Å². The predicted molar refractivity (Wildman–Crippen MR) is 79.8 cm³/mol. The highest BCUT2D eigenvalue weighted by Gasteiger charge is 2.10. The first kappa shape index (κ1) is 17.4. The van der Waals surface area contributed by atoms with Crippen LogP contribution in [0.3, 0.4) is 0 Å². The van der Waals surface area contributed by atoms with Crippen molar-refractivity contribution in [1.29, 1.82) is 0 Å². The maximum Gasteiger partial charge on any atom is 0.319 e. The molecule has 0 heterocycles. The van der Waals surface area contributed by atoms with Gasteiger partial charge in [0.1, 0.15) is 5.82 Å². The van der Waals surface area contributed by atoms with Crippen LogP contribution < -0.4 is 10.6 Å². The van der Waals surface area contributed by atoms with Crippen LogP contribution in [0.25, 0.3) is 0 Å². The van der Waals surface area contributed by atoms with Crippen molar-refractivity contribution in [2.75, 3.05) is 25.1 Å². The van der Waals surface area contributed by atoms with Gasteiger partial charge in [0, 0.05) is 13.2 Å². The van der Waals surface area contributed by atoms with Crippen LogP contribution in [0.1, 0.15) is 19.4 Å². The zero-order valence-electron chi connectivity index (χ0n) is 12.6. The van der Waals surface area contributed by atoms with Gasteiger partial charge in [0.15, 0.2) is 0 Å². The summed E-state index contributed by atoms with van der Waals surface area (Å²) in [6, 6.07) is 3.96. The minimum Gasteiger partial charge on any atom is -0.389 e. The number of amides is 2. The molecule has 1 atom stereocenters. The number of benzene rings is 1. The van der Waals surface area contributed by atoms with Gasteiger partial charge < -0.3 is 20.5 Å². The van der Waals surface area contributed by atoms with E-state index in [9.17, 15) is 14.3 Å². The summed E-state index contributed by atoms with van der Waals surface area (Å²) in [5.74, 6) is -0.107. The highest BCUT2D eigenvalue weighted by atomic mass is 19.1. The van der Waals surface area contributed by atoms with Crippen molar-refractivity contribution in [2.45, 2.75) is 26.9 Å². The van der Waals surface area contributed by atoms with Crippen LogP contribution in [0.2, 0.25) is 0 Å². The number of aliphatic hydroxyl groups is 1. The number of ether oxygens (including phenoxy) is 1. The maximum atomic E-state index is 13.5. The Bertz CT molecular complexity index is 466. The zero-order valence-corrected chi connectivity index (χ0v) is 12.6. The van der Waals surface area contributed by atoms with Crippen LogP contribution in [-0.2, 0) is 4.74 Å². The molecule has 6 heteroatoms. The average molecular weight is 298 g/mol. The lowest BCUT2D eigenvalue weighted by molar-refractivity contribution is 0.0274. The lowest BCUT2D eigenvalue weighted by Gasteiger charge is -2.14. The second-order valence-corrected chi connectivity index (χ2v) is 5.40. The molecule has 5 nitrogen and oxygen atoms in total. The van der Waals surface area contributed by atoms with Crippen molar-refractivity contribution in [1.82, 2.24) is 5.32 Å². The molecule has 0 radical (unpaired) electrons. The first-order chi connectivity index (χ1) is 9.88. The highest BCUT2D eigenvalue weighted by Crippen LogP contribution is 2.14. The van der Waals surface area contributed by atoms with Crippen molar-refractivity contribution >= 4 is 11.7 Å². The number of carbonyl (C=O) groups excluding carboxylic acids is 1. The quantitative estimate of drug-likeness (QED) is 0.723. The molecular weight excluding hydrogens is 275 g/mol. The van der Waals surface area contributed by atoms with Crippen molar-refractivity contribution in [3.8, 4) is 0 Å². The molecule has 118 valence electrons. The molecule has 0 fully saturated rings. The fraction of sp³-hybridized carbons (Fsp3) is 0.533. The minimum atomic E-state index is -0.794. The van der Waals surface area contributed by atoms with Crippen LogP contribution in [0.15, 0.2) is 18.2 Å². The van der Waals surface area contributed by atoms with Gasteiger partial charge in [0.25, 0.3) is 0 Å². The van der Waals surface area contributed by atoms with Gasteiger partial charge in [-0.25, -0.2) is 9.18 Å². The number of aliphatic hydroxyl groups excluding tert-OH is 1. The van der Waals surface area contributed by atoms with E-state index in [4.69, 9.17) is 4.74 Å². The molecule has 0 bridgehead atoms. The summed E-state index contributed by atoms with van der Waals surface area (Å²) in [6.07, 6.45) is -0.794. The van der Waals surface area contributed by atoms with Crippen molar-refractivity contribution in [3.05, 3.63) is 29.6 Å². The van der Waals surface area contributed by atoms with Gasteiger partial charge in [-0.2, -0.15) is 0 Å². The third kappa shape index (κ3) is 7.06. The van der Waals surface area contributed by atoms with Crippen LogP contribution in [0, 0.1) is 18.7 Å². The van der Waals surface area contributed by atoms with E-state index in [0.29, 0.717) is 12.5 Å². The fourth-order valence-electron chi connectivity index (χ4n) is 1.60. The zero-order chi connectivity index (χ0) is 15.8. The van der Waals surface area contributed by atoms with Gasteiger partial charge in [-0.05, 0) is 30.5 Å². The number of anilines is 1. The summed E-state index contributed by atoms with van der Waals surface area (Å²) >= 11 is 0. The Morgan fingerprint density at radius 1 is 1.38 bits per heavy atom. The number of urea groups is 1. The van der Waals surface area contributed by atoms with Gasteiger partial charge in [0.2, 0.25) is 0 Å². The third-order valence-electron chi connectivity index (χ3n) is 2.63. The SMILES string of the molecule is Cc1ccc(NC(=O)NCC(O)COCC(C)C)c(F)c1. The van der Waals surface area contributed by atoms with E-state index >= 15 is 0 Å². The lowest BCUT2D eigenvalue weighted by Crippen LogP contribution is -2.37. The Kier molecular flexibility index (Phi) is 7.11. The van der Waals surface area contributed by atoms with Crippen molar-refractivity contribution in [2.24, 2.45) is 5.92 Å². The van der Waals surface area contributed by atoms with Gasteiger partial charge in [0.05, 0.1) is 18.4 Å². The van der Waals surface area contributed by atoms with Crippen LogP contribution >= 0.6 is 0 Å². The predicted octanol–water partition coefficient (Wildman–Crippen LogP) is 2.29. The number of hydrogen-bond acceptors (Lipinski definition) is 3. The first-order valence-corrected chi connectivity index (χ1v) is 6.95. The Morgan fingerprint density at radius 2 is 2.10 bits per heavy atom. The molecule has 21 heavy (non-hydrogen) atoms. The number of aryl methyl sites for hydroxylation is 1. The molecule has 0 spiro atoms. The molecule has 2 amide bonds. The summed E-state index contributed by atoms with van der Waals surface area (Å²) in [7, 11) is 0. The first-order valence-electron chi connectivity index (χ1n) is 6.95. The smallest absolute Gasteiger partial charge is 0.319 e. The molecule has 0 aliphatic heterocycles. The van der Waals surface area contributed by atoms with Gasteiger partial charge in [-0.3, -0.25) is 0 Å². The fourth-order valence-corrected chi connectivity index (χ4v) is 1.60. The van der Waals surface area contributed by atoms with Crippen molar-refractivity contribution < 1.29 is 19.0 Å². The molecule has 0 aromatic heterocycles. The summed E-state index contributed by atoms with van der Waals surface area (Å²) in [5, 5.41) is 14.5. The Balaban J connectivity index is 2.30. The molecule has 1 unspecified atom stereocenters. The Labute approximate surface area is 124 Å². The summed E-state index contributed by atoms with van der Waals surface area (Å²) < 4.78 is 18.8. The summed E-state index contributed by atoms with van der Waals surface area (Å²) in [4.78, 5) is 11.6. The highest BCUT2D eigenvalue weighted by molar-refractivity contribution is 5.89. The second-order valence-electron chi connectivity index (χ2n) is 5.40. The molecule has 1 rings (SSSR count).